The van der Waals surface area contributed by atoms with Gasteiger partial charge in [-0.1, -0.05) is 30.3 Å². The van der Waals surface area contributed by atoms with Gasteiger partial charge in [0, 0.05) is 19.7 Å². The van der Waals surface area contributed by atoms with E-state index in [-0.39, 0.29) is 11.8 Å². The second kappa shape index (κ2) is 11.6. The molecule has 1 unspecified atom stereocenters. The third kappa shape index (κ3) is 8.95. The maximum Gasteiger partial charge on any atom is 0.248 e. The molecule has 0 radical (unpaired) electrons. The maximum absolute atomic E-state index is 11.8. The zero-order chi connectivity index (χ0) is 16.9. The topological polar surface area (TPSA) is 76.7 Å². The zero-order valence-corrected chi connectivity index (χ0v) is 13.8. The van der Waals surface area contributed by atoms with E-state index in [2.05, 4.69) is 10.6 Å². The van der Waals surface area contributed by atoms with E-state index in [9.17, 15) is 9.59 Å². The minimum absolute atomic E-state index is 0.0635. The van der Waals surface area contributed by atoms with E-state index in [4.69, 9.17) is 9.47 Å². The third-order valence-electron chi connectivity index (χ3n) is 3.12. The number of hydrogen-bond acceptors (Lipinski definition) is 4. The Labute approximate surface area is 137 Å². The molecular weight excluding hydrogens is 296 g/mol. The summed E-state index contributed by atoms with van der Waals surface area (Å²) in [7, 11) is 0. The zero-order valence-electron chi connectivity index (χ0n) is 13.8. The molecular formula is C17H26N2O4. The van der Waals surface area contributed by atoms with Crippen LogP contribution < -0.4 is 10.6 Å². The van der Waals surface area contributed by atoms with Gasteiger partial charge in [0.05, 0.1) is 19.6 Å². The van der Waals surface area contributed by atoms with Gasteiger partial charge in [0.1, 0.15) is 6.10 Å². The molecule has 0 fully saturated rings. The second-order valence-electron chi connectivity index (χ2n) is 5.01. The highest BCUT2D eigenvalue weighted by atomic mass is 16.5. The van der Waals surface area contributed by atoms with Crippen LogP contribution >= 0.6 is 0 Å². The van der Waals surface area contributed by atoms with Gasteiger partial charge in [-0.25, -0.2) is 0 Å². The summed E-state index contributed by atoms with van der Waals surface area (Å²) in [4.78, 5) is 23.5. The first-order valence-electron chi connectivity index (χ1n) is 7.91. The lowest BCUT2D eigenvalue weighted by Crippen LogP contribution is -2.40. The Kier molecular flexibility index (Phi) is 9.66. The molecule has 0 heterocycles. The Hall–Kier alpha value is -1.92. The highest BCUT2D eigenvalue weighted by Gasteiger charge is 2.12. The molecule has 1 aromatic rings. The molecule has 6 heteroatoms. The molecule has 0 bridgehead atoms. The highest BCUT2D eigenvalue weighted by Crippen LogP contribution is 1.98. The maximum atomic E-state index is 11.8. The summed E-state index contributed by atoms with van der Waals surface area (Å²) in [6.45, 7) is 5.85. The molecule has 6 nitrogen and oxygen atoms in total. The monoisotopic (exact) mass is 322 g/mol. The van der Waals surface area contributed by atoms with Crippen molar-refractivity contribution in [1.29, 1.82) is 0 Å². The van der Waals surface area contributed by atoms with Crippen LogP contribution in [-0.2, 0) is 25.5 Å². The average Bonchev–Trinajstić information content (AvgIpc) is 2.56. The second-order valence-corrected chi connectivity index (χ2v) is 5.01. The van der Waals surface area contributed by atoms with Crippen molar-refractivity contribution in [3.63, 3.8) is 0 Å². The van der Waals surface area contributed by atoms with Gasteiger partial charge in [-0.3, -0.25) is 9.59 Å². The molecule has 128 valence electrons. The number of benzene rings is 1. The number of hydrogen-bond donors (Lipinski definition) is 2. The molecule has 0 aliphatic heterocycles. The summed E-state index contributed by atoms with van der Waals surface area (Å²) in [5, 5.41) is 5.49. The Bertz CT molecular complexity index is 465. The first-order valence-corrected chi connectivity index (χ1v) is 7.91. The van der Waals surface area contributed by atoms with Crippen molar-refractivity contribution in [1.82, 2.24) is 10.6 Å². The van der Waals surface area contributed by atoms with Gasteiger partial charge in [0.15, 0.2) is 0 Å². The Morgan fingerprint density at radius 3 is 2.48 bits per heavy atom. The molecule has 2 amide bonds. The lowest BCUT2D eigenvalue weighted by atomic mass is 10.1. The van der Waals surface area contributed by atoms with Crippen molar-refractivity contribution in [2.75, 3.05) is 32.9 Å². The number of nitrogens with one attached hydrogen (secondary N) is 2. The third-order valence-corrected chi connectivity index (χ3v) is 3.12. The van der Waals surface area contributed by atoms with Crippen molar-refractivity contribution in [3.8, 4) is 0 Å². The van der Waals surface area contributed by atoms with Crippen LogP contribution in [0.4, 0.5) is 0 Å². The quantitative estimate of drug-likeness (QED) is 0.594. The van der Waals surface area contributed by atoms with Crippen LogP contribution in [0.1, 0.15) is 19.4 Å². The summed E-state index contributed by atoms with van der Waals surface area (Å²) >= 11 is 0. The number of rotatable bonds is 11. The molecule has 0 saturated heterocycles. The first kappa shape index (κ1) is 19.1. The van der Waals surface area contributed by atoms with Gasteiger partial charge in [0.25, 0.3) is 0 Å². The molecule has 0 spiro atoms. The van der Waals surface area contributed by atoms with Crippen LogP contribution in [-0.4, -0.2) is 50.8 Å². The standard InChI is InChI=1S/C17H26N2O4/c1-3-22-11-12-23-14(2)17(21)19-10-9-18-16(20)13-15-7-5-4-6-8-15/h4-8,14H,3,9-13H2,1-2H3,(H,18,20)(H,19,21). The van der Waals surface area contributed by atoms with Crippen molar-refractivity contribution >= 4 is 11.8 Å². The molecule has 0 aromatic heterocycles. The summed E-state index contributed by atoms with van der Waals surface area (Å²) in [5.74, 6) is -0.259. The van der Waals surface area contributed by atoms with Crippen LogP contribution in [0, 0.1) is 0 Å². The molecule has 23 heavy (non-hydrogen) atoms. The first-order chi connectivity index (χ1) is 11.1. The summed E-state index contributed by atoms with van der Waals surface area (Å²) in [6, 6.07) is 9.52. The predicted octanol–water partition coefficient (Wildman–Crippen LogP) is 0.903. The molecule has 2 N–H and O–H groups in total. The van der Waals surface area contributed by atoms with E-state index < -0.39 is 6.10 Å². The van der Waals surface area contributed by atoms with Gasteiger partial charge in [-0.05, 0) is 19.4 Å². The number of ether oxygens (including phenoxy) is 2. The van der Waals surface area contributed by atoms with Gasteiger partial charge in [-0.2, -0.15) is 0 Å². The Morgan fingerprint density at radius 2 is 1.78 bits per heavy atom. The van der Waals surface area contributed by atoms with E-state index in [1.54, 1.807) is 6.92 Å². The summed E-state index contributed by atoms with van der Waals surface area (Å²) in [6.07, 6.45) is -0.193. The minimum atomic E-state index is -0.532. The van der Waals surface area contributed by atoms with Gasteiger partial charge in [-0.15, -0.1) is 0 Å². The van der Waals surface area contributed by atoms with E-state index in [0.29, 0.717) is 39.3 Å². The van der Waals surface area contributed by atoms with E-state index in [1.165, 1.54) is 0 Å². The molecule has 1 aromatic carbocycles. The molecule has 0 aliphatic carbocycles. The molecule has 1 rings (SSSR count). The molecule has 0 aliphatic rings. The van der Waals surface area contributed by atoms with E-state index in [0.717, 1.165) is 5.56 Å². The lowest BCUT2D eigenvalue weighted by molar-refractivity contribution is -0.132. The van der Waals surface area contributed by atoms with Crippen molar-refractivity contribution < 1.29 is 19.1 Å². The van der Waals surface area contributed by atoms with Gasteiger partial charge in [0.2, 0.25) is 11.8 Å². The number of amides is 2. The predicted molar refractivity (Wildman–Crippen MR) is 88.1 cm³/mol. The Balaban J connectivity index is 2.09. The SMILES string of the molecule is CCOCCOC(C)C(=O)NCCNC(=O)Cc1ccccc1. The lowest BCUT2D eigenvalue weighted by Gasteiger charge is -2.13. The van der Waals surface area contributed by atoms with Crippen molar-refractivity contribution in [2.24, 2.45) is 0 Å². The molecule has 1 atom stereocenters. The summed E-state index contributed by atoms with van der Waals surface area (Å²) in [5.41, 5.74) is 0.963. The van der Waals surface area contributed by atoms with Crippen molar-refractivity contribution in [2.45, 2.75) is 26.4 Å². The van der Waals surface area contributed by atoms with Crippen LogP contribution in [0.5, 0.6) is 0 Å². The highest BCUT2D eigenvalue weighted by molar-refractivity contribution is 5.80. The Morgan fingerprint density at radius 1 is 1.09 bits per heavy atom. The fourth-order valence-electron chi connectivity index (χ4n) is 1.88. The minimum Gasteiger partial charge on any atom is -0.379 e. The smallest absolute Gasteiger partial charge is 0.248 e. The van der Waals surface area contributed by atoms with E-state index in [1.807, 2.05) is 37.3 Å². The fraction of sp³-hybridized carbons (Fsp3) is 0.529. The normalized spacial score (nSPS) is 11.7. The summed E-state index contributed by atoms with van der Waals surface area (Å²) < 4.78 is 10.5. The van der Waals surface area contributed by atoms with Crippen LogP contribution in [0.2, 0.25) is 0 Å². The van der Waals surface area contributed by atoms with Gasteiger partial charge < -0.3 is 20.1 Å². The number of carbonyl (C=O) groups excluding carboxylic acids is 2. The fourth-order valence-corrected chi connectivity index (χ4v) is 1.88. The van der Waals surface area contributed by atoms with Crippen LogP contribution in [0.25, 0.3) is 0 Å². The van der Waals surface area contributed by atoms with Crippen LogP contribution in [0.15, 0.2) is 30.3 Å². The average molecular weight is 322 g/mol. The largest absolute Gasteiger partial charge is 0.379 e. The number of carbonyl (C=O) groups is 2. The van der Waals surface area contributed by atoms with E-state index >= 15 is 0 Å². The molecule has 0 saturated carbocycles. The van der Waals surface area contributed by atoms with Crippen LogP contribution in [0.3, 0.4) is 0 Å². The van der Waals surface area contributed by atoms with Gasteiger partial charge >= 0.3 is 0 Å². The van der Waals surface area contributed by atoms with Crippen molar-refractivity contribution in [3.05, 3.63) is 35.9 Å².